The summed E-state index contributed by atoms with van der Waals surface area (Å²) in [5.41, 5.74) is 4.89. The number of thiocarbonyl (C=S) groups is 1. The molecular formula is C13H18F3N3OS. The number of pyridine rings is 1. The molecule has 0 atom stereocenters. The predicted molar refractivity (Wildman–Crippen MR) is 79.3 cm³/mol. The number of aromatic nitrogens is 1. The Hall–Kier alpha value is -1.41. The zero-order chi connectivity index (χ0) is 16.0. The van der Waals surface area contributed by atoms with Gasteiger partial charge in [-0.15, -0.1) is 0 Å². The van der Waals surface area contributed by atoms with Crippen LogP contribution in [0.1, 0.15) is 30.5 Å². The summed E-state index contributed by atoms with van der Waals surface area (Å²) in [5, 5.41) is 8.71. The second-order valence-corrected chi connectivity index (χ2v) is 5.08. The van der Waals surface area contributed by atoms with Gasteiger partial charge in [0, 0.05) is 20.2 Å². The van der Waals surface area contributed by atoms with Gasteiger partial charge >= 0.3 is 6.18 Å². The van der Waals surface area contributed by atoms with Crippen molar-refractivity contribution in [1.29, 1.82) is 0 Å². The van der Waals surface area contributed by atoms with Crippen LogP contribution in [0.3, 0.4) is 0 Å². The van der Waals surface area contributed by atoms with Crippen molar-refractivity contribution < 1.29 is 18.3 Å². The monoisotopic (exact) mass is 321 g/mol. The van der Waals surface area contributed by atoms with Crippen molar-refractivity contribution in [2.75, 3.05) is 25.1 Å². The smallest absolute Gasteiger partial charge is 0.396 e. The van der Waals surface area contributed by atoms with E-state index in [9.17, 15) is 13.2 Å². The quantitative estimate of drug-likeness (QED) is 0.596. The largest absolute Gasteiger partial charge is 0.433 e. The average Bonchev–Trinajstić information content (AvgIpc) is 2.41. The van der Waals surface area contributed by atoms with Crippen LogP contribution in [0.2, 0.25) is 0 Å². The van der Waals surface area contributed by atoms with Gasteiger partial charge in [-0.25, -0.2) is 4.98 Å². The van der Waals surface area contributed by atoms with Gasteiger partial charge in [-0.1, -0.05) is 12.2 Å². The van der Waals surface area contributed by atoms with E-state index >= 15 is 0 Å². The van der Waals surface area contributed by atoms with Crippen LogP contribution >= 0.6 is 12.2 Å². The maximum atomic E-state index is 12.7. The lowest BCUT2D eigenvalue weighted by Crippen LogP contribution is -2.25. The highest BCUT2D eigenvalue weighted by atomic mass is 32.1. The summed E-state index contributed by atoms with van der Waals surface area (Å²) in [7, 11) is 1.64. The molecule has 0 aromatic carbocycles. The second-order valence-electron chi connectivity index (χ2n) is 4.64. The van der Waals surface area contributed by atoms with Crippen LogP contribution in [0.4, 0.5) is 19.0 Å². The fourth-order valence-electron chi connectivity index (χ4n) is 1.83. The first-order chi connectivity index (χ1) is 9.77. The van der Waals surface area contributed by atoms with Crippen molar-refractivity contribution in [3.63, 3.8) is 0 Å². The van der Waals surface area contributed by atoms with E-state index < -0.39 is 11.9 Å². The van der Waals surface area contributed by atoms with E-state index in [1.807, 2.05) is 0 Å². The van der Waals surface area contributed by atoms with E-state index in [0.29, 0.717) is 18.5 Å². The van der Waals surface area contributed by atoms with Crippen molar-refractivity contribution in [3.05, 3.63) is 23.4 Å². The molecule has 0 bridgehead atoms. The van der Waals surface area contributed by atoms with Crippen molar-refractivity contribution in [2.24, 2.45) is 5.73 Å². The second kappa shape index (κ2) is 7.56. The van der Waals surface area contributed by atoms with E-state index in [-0.39, 0.29) is 17.4 Å². The number of rotatable bonds is 7. The van der Waals surface area contributed by atoms with Crippen molar-refractivity contribution >= 4 is 23.0 Å². The first-order valence-electron chi connectivity index (χ1n) is 6.47. The summed E-state index contributed by atoms with van der Waals surface area (Å²) < 4.78 is 38.2. The SMILES string of the molecule is CN(CCCCCO)c1nc(C(F)(F)F)ccc1C(N)=S. The molecule has 1 heterocycles. The first-order valence-corrected chi connectivity index (χ1v) is 6.88. The molecule has 0 saturated carbocycles. The molecule has 8 heteroatoms. The molecule has 0 aliphatic heterocycles. The Kier molecular flexibility index (Phi) is 6.35. The lowest BCUT2D eigenvalue weighted by atomic mass is 10.2. The van der Waals surface area contributed by atoms with Crippen molar-refractivity contribution in [1.82, 2.24) is 4.98 Å². The Bertz CT molecular complexity index is 494. The van der Waals surface area contributed by atoms with Gasteiger partial charge in [-0.05, 0) is 31.4 Å². The summed E-state index contributed by atoms with van der Waals surface area (Å²) in [5.74, 6) is 0.126. The molecule has 3 N–H and O–H groups in total. The third kappa shape index (κ3) is 5.13. The number of unbranched alkanes of at least 4 members (excludes halogenated alkanes) is 2. The normalized spacial score (nSPS) is 11.5. The molecular weight excluding hydrogens is 303 g/mol. The highest BCUT2D eigenvalue weighted by Crippen LogP contribution is 2.30. The number of halogens is 3. The Morgan fingerprint density at radius 2 is 2.00 bits per heavy atom. The number of alkyl halides is 3. The Balaban J connectivity index is 2.97. The maximum absolute atomic E-state index is 12.7. The third-order valence-electron chi connectivity index (χ3n) is 2.94. The first kappa shape index (κ1) is 17.6. The van der Waals surface area contributed by atoms with Gasteiger partial charge in [0.1, 0.15) is 16.5 Å². The summed E-state index contributed by atoms with van der Waals surface area (Å²) in [6.07, 6.45) is -2.35. The molecule has 0 radical (unpaired) electrons. The van der Waals surface area contributed by atoms with Crippen LogP contribution in [0, 0.1) is 0 Å². The van der Waals surface area contributed by atoms with Gasteiger partial charge in [-0.2, -0.15) is 13.2 Å². The number of hydrogen-bond donors (Lipinski definition) is 2. The fourth-order valence-corrected chi connectivity index (χ4v) is 1.99. The number of nitrogens with zero attached hydrogens (tertiary/aromatic N) is 2. The van der Waals surface area contributed by atoms with Crippen molar-refractivity contribution in [2.45, 2.75) is 25.4 Å². The molecule has 1 rings (SSSR count). The molecule has 0 aliphatic rings. The third-order valence-corrected chi connectivity index (χ3v) is 3.16. The zero-order valence-electron chi connectivity index (χ0n) is 11.7. The number of aliphatic hydroxyl groups is 1. The van der Waals surface area contributed by atoms with Gasteiger partial charge in [0.25, 0.3) is 0 Å². The minimum atomic E-state index is -4.51. The number of aliphatic hydroxyl groups excluding tert-OH is 1. The molecule has 1 aromatic rings. The molecule has 118 valence electrons. The van der Waals surface area contributed by atoms with E-state index in [4.69, 9.17) is 23.1 Å². The molecule has 4 nitrogen and oxygen atoms in total. The molecule has 0 saturated heterocycles. The van der Waals surface area contributed by atoms with Gasteiger partial charge in [0.15, 0.2) is 0 Å². The van der Waals surface area contributed by atoms with Gasteiger partial charge in [-0.3, -0.25) is 0 Å². The minimum absolute atomic E-state index is 0.00781. The summed E-state index contributed by atoms with van der Waals surface area (Å²) in [6.45, 7) is 0.605. The highest BCUT2D eigenvalue weighted by molar-refractivity contribution is 7.80. The minimum Gasteiger partial charge on any atom is -0.396 e. The molecule has 21 heavy (non-hydrogen) atoms. The lowest BCUT2D eigenvalue weighted by Gasteiger charge is -2.22. The maximum Gasteiger partial charge on any atom is 0.433 e. The van der Waals surface area contributed by atoms with Crippen LogP contribution in [-0.2, 0) is 6.18 Å². The predicted octanol–water partition coefficient (Wildman–Crippen LogP) is 2.33. The molecule has 0 spiro atoms. The molecule has 0 amide bonds. The van der Waals surface area contributed by atoms with Crippen LogP contribution in [0.15, 0.2) is 12.1 Å². The van der Waals surface area contributed by atoms with Gasteiger partial charge < -0.3 is 15.7 Å². The summed E-state index contributed by atoms with van der Waals surface area (Å²) >= 11 is 4.86. The number of anilines is 1. The summed E-state index contributed by atoms with van der Waals surface area (Å²) in [6, 6.07) is 2.12. The van der Waals surface area contributed by atoms with Crippen molar-refractivity contribution in [3.8, 4) is 0 Å². The molecule has 0 fully saturated rings. The highest BCUT2D eigenvalue weighted by Gasteiger charge is 2.33. The Labute approximate surface area is 126 Å². The van der Waals surface area contributed by atoms with Gasteiger partial charge in [0.05, 0.1) is 5.56 Å². The van der Waals surface area contributed by atoms with E-state index in [1.165, 1.54) is 6.07 Å². The van der Waals surface area contributed by atoms with E-state index in [0.717, 1.165) is 18.9 Å². The van der Waals surface area contributed by atoms with Crippen LogP contribution < -0.4 is 10.6 Å². The average molecular weight is 321 g/mol. The van der Waals surface area contributed by atoms with Crippen LogP contribution in [0.5, 0.6) is 0 Å². The number of hydrogen-bond acceptors (Lipinski definition) is 4. The number of nitrogens with two attached hydrogens (primary N) is 1. The fraction of sp³-hybridized carbons (Fsp3) is 0.538. The molecule has 1 aromatic heterocycles. The zero-order valence-corrected chi connectivity index (χ0v) is 12.5. The topological polar surface area (TPSA) is 62.4 Å². The standard InChI is InChI=1S/C13H18F3N3OS/c1-19(7-3-2-4-8-20)12-9(11(17)21)5-6-10(18-12)13(14,15)16/h5-6,20H,2-4,7-8H2,1H3,(H2,17,21). The van der Waals surface area contributed by atoms with Crippen LogP contribution in [0.25, 0.3) is 0 Å². The van der Waals surface area contributed by atoms with E-state index in [1.54, 1.807) is 11.9 Å². The lowest BCUT2D eigenvalue weighted by molar-refractivity contribution is -0.141. The molecule has 0 unspecified atom stereocenters. The van der Waals surface area contributed by atoms with E-state index in [2.05, 4.69) is 4.98 Å². The Morgan fingerprint density at radius 3 is 2.52 bits per heavy atom. The molecule has 0 aliphatic carbocycles. The van der Waals surface area contributed by atoms with Gasteiger partial charge in [0.2, 0.25) is 0 Å². The summed E-state index contributed by atoms with van der Waals surface area (Å²) in [4.78, 5) is 5.25. The van der Waals surface area contributed by atoms with Crippen LogP contribution in [-0.4, -0.2) is 35.3 Å². The Morgan fingerprint density at radius 1 is 1.33 bits per heavy atom.